The van der Waals surface area contributed by atoms with E-state index >= 15 is 0 Å². The summed E-state index contributed by atoms with van der Waals surface area (Å²) in [6.45, 7) is 1.87. The Kier molecular flexibility index (Phi) is 4.01. The van der Waals surface area contributed by atoms with Crippen LogP contribution in [-0.4, -0.2) is 43.0 Å². The SMILES string of the molecule is O=C1CN(CC(=O)N2CCCCC2)c2cc(Cl)ccc2O1. The molecule has 6 heteroatoms. The van der Waals surface area contributed by atoms with Crippen molar-refractivity contribution in [2.75, 3.05) is 31.1 Å². The molecule has 0 spiro atoms. The molecule has 1 aromatic rings. The fourth-order valence-electron chi connectivity index (χ4n) is 2.77. The lowest BCUT2D eigenvalue weighted by Gasteiger charge is -2.33. The quantitative estimate of drug-likeness (QED) is 0.620. The van der Waals surface area contributed by atoms with Crippen LogP contribution in [0.15, 0.2) is 18.2 Å². The minimum Gasteiger partial charge on any atom is -0.423 e. The van der Waals surface area contributed by atoms with Gasteiger partial charge in [0.2, 0.25) is 5.91 Å². The van der Waals surface area contributed by atoms with Gasteiger partial charge in [-0.15, -0.1) is 0 Å². The van der Waals surface area contributed by atoms with Crippen LogP contribution in [0.2, 0.25) is 5.02 Å². The normalized spacial score (nSPS) is 18.2. The number of hydrogen-bond donors (Lipinski definition) is 0. The number of benzene rings is 1. The lowest BCUT2D eigenvalue weighted by molar-refractivity contribution is -0.133. The van der Waals surface area contributed by atoms with Crippen molar-refractivity contribution < 1.29 is 14.3 Å². The van der Waals surface area contributed by atoms with Crippen LogP contribution in [0.1, 0.15) is 19.3 Å². The molecule has 1 amide bonds. The summed E-state index contributed by atoms with van der Waals surface area (Å²) in [5.41, 5.74) is 0.701. The third-order valence-corrected chi connectivity index (χ3v) is 4.08. The van der Waals surface area contributed by atoms with E-state index < -0.39 is 0 Å². The molecule has 5 nitrogen and oxygen atoms in total. The summed E-state index contributed by atoms with van der Waals surface area (Å²) in [6.07, 6.45) is 3.28. The monoisotopic (exact) mass is 308 g/mol. The molecule has 2 aliphatic heterocycles. The Morgan fingerprint density at radius 2 is 2.00 bits per heavy atom. The van der Waals surface area contributed by atoms with Gasteiger partial charge in [0, 0.05) is 18.1 Å². The molecule has 3 rings (SSSR count). The number of carbonyl (C=O) groups is 2. The van der Waals surface area contributed by atoms with Crippen molar-refractivity contribution >= 4 is 29.2 Å². The van der Waals surface area contributed by atoms with Crippen LogP contribution >= 0.6 is 11.6 Å². The van der Waals surface area contributed by atoms with Gasteiger partial charge < -0.3 is 14.5 Å². The van der Waals surface area contributed by atoms with Crippen molar-refractivity contribution in [2.24, 2.45) is 0 Å². The number of hydrogen-bond acceptors (Lipinski definition) is 4. The summed E-state index contributed by atoms with van der Waals surface area (Å²) in [7, 11) is 0. The van der Waals surface area contributed by atoms with E-state index in [1.807, 2.05) is 4.90 Å². The third kappa shape index (κ3) is 3.13. The largest absolute Gasteiger partial charge is 0.423 e. The van der Waals surface area contributed by atoms with Gasteiger partial charge in [-0.25, -0.2) is 4.79 Å². The van der Waals surface area contributed by atoms with E-state index in [-0.39, 0.29) is 25.0 Å². The Bertz CT molecular complexity index is 570. The molecule has 0 unspecified atom stereocenters. The first-order valence-electron chi connectivity index (χ1n) is 7.16. The van der Waals surface area contributed by atoms with Crippen molar-refractivity contribution in [1.29, 1.82) is 0 Å². The zero-order chi connectivity index (χ0) is 14.8. The van der Waals surface area contributed by atoms with Crippen molar-refractivity contribution in [3.05, 3.63) is 23.2 Å². The van der Waals surface area contributed by atoms with Crippen LogP contribution in [0.5, 0.6) is 5.75 Å². The number of carbonyl (C=O) groups excluding carboxylic acids is 2. The molecule has 0 radical (unpaired) electrons. The molecule has 1 fully saturated rings. The molecule has 0 N–H and O–H groups in total. The van der Waals surface area contributed by atoms with E-state index in [2.05, 4.69) is 0 Å². The average molecular weight is 309 g/mol. The highest BCUT2D eigenvalue weighted by atomic mass is 35.5. The zero-order valence-electron chi connectivity index (χ0n) is 11.7. The van der Waals surface area contributed by atoms with E-state index in [9.17, 15) is 9.59 Å². The Labute approximate surface area is 128 Å². The fourth-order valence-corrected chi connectivity index (χ4v) is 2.93. The van der Waals surface area contributed by atoms with Crippen LogP contribution in [-0.2, 0) is 9.59 Å². The van der Waals surface area contributed by atoms with Gasteiger partial charge in [-0.2, -0.15) is 0 Å². The Hall–Kier alpha value is -1.75. The molecular weight excluding hydrogens is 292 g/mol. The maximum absolute atomic E-state index is 12.4. The van der Waals surface area contributed by atoms with Gasteiger partial charge in [0.05, 0.1) is 12.2 Å². The van der Waals surface area contributed by atoms with Crippen molar-refractivity contribution in [2.45, 2.75) is 19.3 Å². The number of amides is 1. The number of ether oxygens (including phenoxy) is 1. The van der Waals surface area contributed by atoms with Gasteiger partial charge in [-0.1, -0.05) is 11.6 Å². The first kappa shape index (κ1) is 14.2. The summed E-state index contributed by atoms with van der Waals surface area (Å²) in [4.78, 5) is 27.6. The predicted octanol–water partition coefficient (Wildman–Crippen LogP) is 2.08. The summed E-state index contributed by atoms with van der Waals surface area (Å²) < 4.78 is 5.18. The highest BCUT2D eigenvalue weighted by molar-refractivity contribution is 6.31. The summed E-state index contributed by atoms with van der Waals surface area (Å²) in [5.74, 6) is 0.161. The van der Waals surface area contributed by atoms with Crippen molar-refractivity contribution in [3.8, 4) is 5.75 Å². The Balaban J connectivity index is 1.77. The topological polar surface area (TPSA) is 49.9 Å². The van der Waals surface area contributed by atoms with Crippen LogP contribution in [0.3, 0.4) is 0 Å². The average Bonchev–Trinajstić information content (AvgIpc) is 2.49. The highest BCUT2D eigenvalue weighted by Crippen LogP contribution is 2.34. The maximum atomic E-state index is 12.4. The van der Waals surface area contributed by atoms with E-state index in [0.717, 1.165) is 25.9 Å². The number of rotatable bonds is 2. The van der Waals surface area contributed by atoms with Crippen LogP contribution in [0.4, 0.5) is 5.69 Å². The van der Waals surface area contributed by atoms with E-state index in [4.69, 9.17) is 16.3 Å². The van der Waals surface area contributed by atoms with Gasteiger partial charge >= 0.3 is 5.97 Å². The Morgan fingerprint density at radius 1 is 1.24 bits per heavy atom. The summed E-state index contributed by atoms with van der Waals surface area (Å²) in [5, 5.41) is 0.558. The van der Waals surface area contributed by atoms with Crippen LogP contribution in [0, 0.1) is 0 Å². The molecule has 21 heavy (non-hydrogen) atoms. The lowest BCUT2D eigenvalue weighted by Crippen LogP contribution is -2.46. The molecule has 0 aliphatic carbocycles. The van der Waals surface area contributed by atoms with Crippen LogP contribution in [0.25, 0.3) is 0 Å². The predicted molar refractivity (Wildman–Crippen MR) is 79.7 cm³/mol. The summed E-state index contributed by atoms with van der Waals surface area (Å²) in [6, 6.07) is 5.06. The first-order valence-corrected chi connectivity index (χ1v) is 7.54. The summed E-state index contributed by atoms with van der Waals surface area (Å²) >= 11 is 6.00. The van der Waals surface area contributed by atoms with Crippen molar-refractivity contribution in [1.82, 2.24) is 4.90 Å². The molecule has 2 aliphatic rings. The second kappa shape index (κ2) is 5.93. The minimum atomic E-state index is -0.351. The number of halogens is 1. The second-order valence-electron chi connectivity index (χ2n) is 5.38. The van der Waals surface area contributed by atoms with Gasteiger partial charge in [-0.05, 0) is 37.5 Å². The smallest absolute Gasteiger partial charge is 0.331 e. The van der Waals surface area contributed by atoms with Gasteiger partial charge in [0.1, 0.15) is 6.54 Å². The molecule has 0 aromatic heterocycles. The lowest BCUT2D eigenvalue weighted by atomic mass is 10.1. The number of anilines is 1. The minimum absolute atomic E-state index is 0.0512. The molecule has 0 saturated carbocycles. The van der Waals surface area contributed by atoms with Gasteiger partial charge in [0.15, 0.2) is 5.75 Å². The maximum Gasteiger partial charge on any atom is 0.331 e. The molecule has 0 bridgehead atoms. The van der Waals surface area contributed by atoms with Gasteiger partial charge in [-0.3, -0.25) is 4.79 Å². The number of piperidine rings is 1. The molecule has 0 atom stereocenters. The van der Waals surface area contributed by atoms with E-state index in [1.165, 1.54) is 6.42 Å². The molecule has 112 valence electrons. The second-order valence-corrected chi connectivity index (χ2v) is 5.82. The fraction of sp³-hybridized carbons (Fsp3) is 0.467. The van der Waals surface area contributed by atoms with E-state index in [0.29, 0.717) is 16.5 Å². The Morgan fingerprint density at radius 3 is 2.76 bits per heavy atom. The zero-order valence-corrected chi connectivity index (χ0v) is 12.4. The molecule has 2 heterocycles. The molecular formula is C15H17ClN2O3. The van der Waals surface area contributed by atoms with Crippen LogP contribution < -0.4 is 9.64 Å². The third-order valence-electron chi connectivity index (χ3n) is 3.84. The number of likely N-dealkylation sites (tertiary alicyclic amines) is 1. The molecule has 1 aromatic carbocycles. The number of fused-ring (bicyclic) bond motifs is 1. The number of nitrogens with zero attached hydrogens (tertiary/aromatic N) is 2. The van der Waals surface area contributed by atoms with Crippen molar-refractivity contribution in [3.63, 3.8) is 0 Å². The van der Waals surface area contributed by atoms with Gasteiger partial charge in [0.25, 0.3) is 0 Å². The first-order chi connectivity index (χ1) is 10.1. The number of esters is 1. The van der Waals surface area contributed by atoms with E-state index in [1.54, 1.807) is 23.1 Å². The standard InChI is InChI=1S/C15H17ClN2O3/c16-11-4-5-13-12(8-11)18(10-15(20)21-13)9-14(19)17-6-2-1-3-7-17/h4-5,8H,1-3,6-7,9-10H2. The molecule has 1 saturated heterocycles. The highest BCUT2D eigenvalue weighted by Gasteiger charge is 2.27.